The van der Waals surface area contributed by atoms with E-state index in [1.54, 1.807) is 0 Å². The molecule has 0 spiro atoms. The Kier molecular flexibility index (Phi) is 47.1. The third kappa shape index (κ3) is 44.2. The van der Waals surface area contributed by atoms with Crippen molar-refractivity contribution in [3.8, 4) is 0 Å². The molecule has 0 fully saturated rings. The van der Waals surface area contributed by atoms with Crippen molar-refractivity contribution in [2.75, 3.05) is 13.2 Å². The molecule has 0 bridgehead atoms. The van der Waals surface area contributed by atoms with Gasteiger partial charge in [-0.15, -0.1) is 0 Å². The lowest BCUT2D eigenvalue weighted by molar-refractivity contribution is -0.143. The predicted octanol–water partition coefficient (Wildman–Crippen LogP) is 15.3. The predicted molar refractivity (Wildman–Crippen MR) is 250 cm³/mol. The number of rotatable bonds is 48. The Morgan fingerprint density at radius 2 is 0.810 bits per heavy atom. The first-order valence-corrected chi connectivity index (χ1v) is 25.9. The van der Waals surface area contributed by atoms with E-state index in [9.17, 15) is 19.8 Å². The molecule has 6 heteroatoms. The smallest absolute Gasteiger partial charge is 0.305 e. The fourth-order valence-corrected chi connectivity index (χ4v) is 8.05. The number of ether oxygens (including phenoxy) is 1. The molecule has 0 aromatic heterocycles. The summed E-state index contributed by atoms with van der Waals surface area (Å²) in [6.07, 6.45) is 54.7. The molecule has 58 heavy (non-hydrogen) atoms. The van der Waals surface area contributed by atoms with Crippen LogP contribution in [0, 0.1) is 0 Å². The average Bonchev–Trinajstić information content (AvgIpc) is 3.22. The zero-order chi connectivity index (χ0) is 42.3. The maximum atomic E-state index is 12.4. The largest absolute Gasteiger partial charge is 0.466 e. The van der Waals surface area contributed by atoms with Gasteiger partial charge in [0.25, 0.3) is 0 Å². The van der Waals surface area contributed by atoms with Crippen LogP contribution in [0.2, 0.25) is 0 Å². The van der Waals surface area contributed by atoms with Crippen LogP contribution in [-0.2, 0) is 14.3 Å². The number of carbonyl (C=O) groups is 2. The number of esters is 1. The van der Waals surface area contributed by atoms with E-state index in [1.165, 1.54) is 173 Å². The molecule has 2 atom stereocenters. The van der Waals surface area contributed by atoms with Crippen molar-refractivity contribution in [3.05, 3.63) is 12.2 Å². The van der Waals surface area contributed by atoms with Crippen LogP contribution in [0.15, 0.2) is 12.2 Å². The highest BCUT2D eigenvalue weighted by Gasteiger charge is 2.20. The summed E-state index contributed by atoms with van der Waals surface area (Å²) >= 11 is 0. The minimum atomic E-state index is -0.684. The van der Waals surface area contributed by atoms with E-state index in [2.05, 4.69) is 31.3 Å². The number of aliphatic hydroxyl groups excluding tert-OH is 2. The summed E-state index contributed by atoms with van der Waals surface area (Å²) in [5.74, 6) is -0.102. The zero-order valence-corrected chi connectivity index (χ0v) is 39.0. The number of allylic oxidation sites excluding steroid dienone is 2. The summed E-state index contributed by atoms with van der Waals surface area (Å²) in [6, 6.07) is -0.565. The lowest BCUT2D eigenvalue weighted by Gasteiger charge is -2.22. The summed E-state index contributed by atoms with van der Waals surface area (Å²) in [4.78, 5) is 24.5. The van der Waals surface area contributed by atoms with Crippen LogP contribution in [0.3, 0.4) is 0 Å². The lowest BCUT2D eigenvalue weighted by Crippen LogP contribution is -2.45. The summed E-state index contributed by atoms with van der Waals surface area (Å²) < 4.78 is 5.43. The van der Waals surface area contributed by atoms with E-state index in [0.29, 0.717) is 25.9 Å². The van der Waals surface area contributed by atoms with Crippen LogP contribution in [0.25, 0.3) is 0 Å². The van der Waals surface area contributed by atoms with Gasteiger partial charge in [0.1, 0.15) is 0 Å². The molecule has 344 valence electrons. The van der Waals surface area contributed by atoms with Crippen molar-refractivity contribution in [3.63, 3.8) is 0 Å². The lowest BCUT2D eigenvalue weighted by atomic mass is 10.0. The monoisotopic (exact) mass is 820 g/mol. The molecule has 0 aliphatic rings. The second-order valence-electron chi connectivity index (χ2n) is 17.9. The number of hydrogen-bond acceptors (Lipinski definition) is 5. The van der Waals surface area contributed by atoms with Crippen molar-refractivity contribution in [1.82, 2.24) is 5.32 Å². The van der Waals surface area contributed by atoms with Gasteiger partial charge in [0.05, 0.1) is 25.4 Å². The molecule has 0 aromatic carbocycles. The highest BCUT2D eigenvalue weighted by Crippen LogP contribution is 2.17. The zero-order valence-electron chi connectivity index (χ0n) is 39.0. The van der Waals surface area contributed by atoms with Crippen molar-refractivity contribution in [1.29, 1.82) is 0 Å². The molecule has 0 saturated heterocycles. The van der Waals surface area contributed by atoms with Gasteiger partial charge in [-0.25, -0.2) is 0 Å². The number of aliphatic hydroxyl groups is 2. The number of carbonyl (C=O) groups excluding carboxylic acids is 2. The van der Waals surface area contributed by atoms with Gasteiger partial charge in [0.2, 0.25) is 5.91 Å². The molecule has 0 heterocycles. The first kappa shape index (κ1) is 56.6. The van der Waals surface area contributed by atoms with Gasteiger partial charge in [-0.05, 0) is 51.4 Å². The van der Waals surface area contributed by atoms with E-state index in [0.717, 1.165) is 77.0 Å². The molecule has 6 nitrogen and oxygen atoms in total. The van der Waals surface area contributed by atoms with E-state index >= 15 is 0 Å². The van der Waals surface area contributed by atoms with E-state index in [4.69, 9.17) is 4.74 Å². The molecule has 3 N–H and O–H groups in total. The van der Waals surface area contributed by atoms with E-state index < -0.39 is 12.1 Å². The molecular weight excluding hydrogens is 719 g/mol. The van der Waals surface area contributed by atoms with Crippen molar-refractivity contribution < 1.29 is 24.5 Å². The van der Waals surface area contributed by atoms with Crippen molar-refractivity contribution in [2.45, 2.75) is 296 Å². The molecule has 0 radical (unpaired) electrons. The molecule has 1 amide bonds. The maximum Gasteiger partial charge on any atom is 0.305 e. The Labute approximate surface area is 361 Å². The second-order valence-corrected chi connectivity index (χ2v) is 17.9. The van der Waals surface area contributed by atoms with Crippen LogP contribution in [0.5, 0.6) is 0 Å². The van der Waals surface area contributed by atoms with Crippen LogP contribution < -0.4 is 5.32 Å². The second kappa shape index (κ2) is 48.3. The highest BCUT2D eigenvalue weighted by atomic mass is 16.5. The minimum absolute atomic E-state index is 0.0336. The summed E-state index contributed by atoms with van der Waals surface area (Å²) in [5, 5.41) is 23.2. The topological polar surface area (TPSA) is 95.9 Å². The first-order chi connectivity index (χ1) is 28.5. The van der Waals surface area contributed by atoms with E-state index in [-0.39, 0.29) is 18.5 Å². The van der Waals surface area contributed by atoms with Gasteiger partial charge >= 0.3 is 5.97 Å². The van der Waals surface area contributed by atoms with Crippen LogP contribution >= 0.6 is 0 Å². The normalized spacial score (nSPS) is 12.7. The summed E-state index contributed by atoms with van der Waals surface area (Å²) in [7, 11) is 0. The third-order valence-electron chi connectivity index (χ3n) is 12.1. The van der Waals surface area contributed by atoms with Crippen LogP contribution in [0.4, 0.5) is 0 Å². The SMILES string of the molecule is CCCCCCCCCCCCCCCCCCCC(O)C(CO)NC(=O)CCCCCC/C=C\CCCCOC(=O)CCCCCCCCCCCCCCCC. The van der Waals surface area contributed by atoms with Gasteiger partial charge in [0, 0.05) is 12.8 Å². The molecule has 0 aromatic rings. The van der Waals surface area contributed by atoms with Gasteiger partial charge < -0.3 is 20.3 Å². The standard InChI is InChI=1S/C52H101NO5/c1-3-5-7-9-11-13-15-17-19-20-21-22-24-28-32-36-40-44-50(55)49(48-54)53-51(56)45-41-37-33-29-26-27-31-35-39-43-47-58-52(57)46-42-38-34-30-25-23-18-16-14-12-10-8-6-4-2/h27,31,49-50,54-55H,3-26,28-30,32-48H2,1-2H3,(H,53,56)/b31-27-. The molecule has 0 aliphatic heterocycles. The fraction of sp³-hybridized carbons (Fsp3) is 0.923. The molecule has 0 aliphatic carbocycles. The number of amides is 1. The Balaban J connectivity index is 3.52. The molecule has 2 unspecified atom stereocenters. The molecular formula is C52H101NO5. The van der Waals surface area contributed by atoms with E-state index in [1.807, 2.05) is 0 Å². The highest BCUT2D eigenvalue weighted by molar-refractivity contribution is 5.76. The van der Waals surface area contributed by atoms with Gasteiger partial charge in [-0.2, -0.15) is 0 Å². The Morgan fingerprint density at radius 1 is 0.466 bits per heavy atom. The average molecular weight is 820 g/mol. The number of nitrogens with one attached hydrogen (secondary N) is 1. The summed E-state index contributed by atoms with van der Waals surface area (Å²) in [6.45, 7) is 4.88. The minimum Gasteiger partial charge on any atom is -0.466 e. The third-order valence-corrected chi connectivity index (χ3v) is 12.1. The number of unbranched alkanes of at least 4 members (excludes halogenated alkanes) is 35. The Morgan fingerprint density at radius 3 is 1.22 bits per heavy atom. The first-order valence-electron chi connectivity index (χ1n) is 25.9. The maximum absolute atomic E-state index is 12.4. The number of hydrogen-bond donors (Lipinski definition) is 3. The fourth-order valence-electron chi connectivity index (χ4n) is 8.05. The van der Waals surface area contributed by atoms with Gasteiger partial charge in [0.15, 0.2) is 0 Å². The van der Waals surface area contributed by atoms with Gasteiger partial charge in [-0.3, -0.25) is 9.59 Å². The summed E-state index contributed by atoms with van der Waals surface area (Å²) in [5.41, 5.74) is 0. The van der Waals surface area contributed by atoms with Crippen molar-refractivity contribution in [2.24, 2.45) is 0 Å². The Hall–Kier alpha value is -1.40. The van der Waals surface area contributed by atoms with Gasteiger partial charge in [-0.1, -0.05) is 231 Å². The molecule has 0 saturated carbocycles. The molecule has 0 rings (SSSR count). The Bertz CT molecular complexity index is 863. The van der Waals surface area contributed by atoms with Crippen LogP contribution in [-0.4, -0.2) is 47.4 Å². The quantitative estimate of drug-likeness (QED) is 0.0323. The van der Waals surface area contributed by atoms with Crippen LogP contribution in [0.1, 0.15) is 284 Å². The van der Waals surface area contributed by atoms with Crippen molar-refractivity contribution >= 4 is 11.9 Å².